The van der Waals surface area contributed by atoms with Gasteiger partial charge >= 0.3 is 0 Å². The average molecular weight is 405 g/mol. The molecular weight excluding hydrogens is 380 g/mol. The van der Waals surface area contributed by atoms with Crippen LogP contribution in [0.25, 0.3) is 0 Å². The van der Waals surface area contributed by atoms with E-state index in [4.69, 9.17) is 4.74 Å². The highest BCUT2D eigenvalue weighted by atomic mass is 79.9. The number of ether oxygens (including phenoxy) is 1. The first kappa shape index (κ1) is 19.5. The number of hydrogen-bond acceptors (Lipinski definition) is 3. The second-order valence-corrected chi connectivity index (χ2v) is 6.88. The summed E-state index contributed by atoms with van der Waals surface area (Å²) in [5.74, 6) is 0.803. The van der Waals surface area contributed by atoms with E-state index >= 15 is 0 Å². The van der Waals surface area contributed by atoms with E-state index in [1.54, 1.807) is 7.11 Å². The van der Waals surface area contributed by atoms with E-state index in [2.05, 4.69) is 45.6 Å². The van der Waals surface area contributed by atoms with Crippen LogP contribution >= 0.6 is 15.9 Å². The van der Waals surface area contributed by atoms with E-state index in [0.29, 0.717) is 6.54 Å². The van der Waals surface area contributed by atoms with Crippen LogP contribution in [0, 0.1) is 0 Å². The maximum Gasteiger partial charge on any atom is 0.237 e. The van der Waals surface area contributed by atoms with Crippen molar-refractivity contribution >= 4 is 21.8 Å². The van der Waals surface area contributed by atoms with Crippen molar-refractivity contribution in [2.45, 2.75) is 38.9 Å². The van der Waals surface area contributed by atoms with Crippen LogP contribution in [0.1, 0.15) is 37.4 Å². The molecule has 0 aliphatic carbocycles. The number of amides is 1. The van der Waals surface area contributed by atoms with Crippen molar-refractivity contribution in [3.8, 4) is 5.75 Å². The molecule has 0 spiro atoms. The number of carbonyl (C=O) groups is 1. The van der Waals surface area contributed by atoms with Crippen LogP contribution in [-0.2, 0) is 11.3 Å². The Labute approximate surface area is 158 Å². The Kier molecular flexibility index (Phi) is 7.47. The zero-order chi connectivity index (χ0) is 18.2. The standard InChI is InChI=1S/C20H25BrN2O2/c1-4-19(16-7-9-17(21)10-8-16)23-14(2)20(24)22-13-15-5-11-18(25-3)12-6-15/h5-12,14,19,23H,4,13H2,1-3H3,(H,22,24)/t14-,19-/m1/s1. The van der Waals surface area contributed by atoms with E-state index in [0.717, 1.165) is 22.2 Å². The molecule has 0 bridgehead atoms. The Morgan fingerprint density at radius 1 is 1.12 bits per heavy atom. The van der Waals surface area contributed by atoms with Crippen LogP contribution in [0.2, 0.25) is 0 Å². The van der Waals surface area contributed by atoms with Gasteiger partial charge in [0.15, 0.2) is 0 Å². The zero-order valence-electron chi connectivity index (χ0n) is 14.9. The number of nitrogens with one attached hydrogen (secondary N) is 2. The molecule has 2 atom stereocenters. The van der Waals surface area contributed by atoms with Gasteiger partial charge in [-0.2, -0.15) is 0 Å². The molecule has 0 unspecified atom stereocenters. The number of rotatable bonds is 8. The van der Waals surface area contributed by atoms with Gasteiger partial charge in [-0.05, 0) is 48.7 Å². The molecule has 134 valence electrons. The lowest BCUT2D eigenvalue weighted by atomic mass is 10.0. The Bertz CT molecular complexity index is 671. The van der Waals surface area contributed by atoms with Crippen molar-refractivity contribution < 1.29 is 9.53 Å². The molecule has 0 saturated heterocycles. The second-order valence-electron chi connectivity index (χ2n) is 5.97. The molecule has 0 saturated carbocycles. The van der Waals surface area contributed by atoms with Crippen LogP contribution in [0.5, 0.6) is 5.75 Å². The van der Waals surface area contributed by atoms with Crippen LogP contribution in [0.3, 0.4) is 0 Å². The number of carbonyl (C=O) groups excluding carboxylic acids is 1. The topological polar surface area (TPSA) is 50.4 Å². The Balaban J connectivity index is 1.88. The molecule has 0 aliphatic heterocycles. The van der Waals surface area contributed by atoms with Crippen molar-refractivity contribution in [2.24, 2.45) is 0 Å². The lowest BCUT2D eigenvalue weighted by molar-refractivity contribution is -0.123. The SMILES string of the molecule is CC[C@@H](N[C@H](C)C(=O)NCc1ccc(OC)cc1)c1ccc(Br)cc1. The monoisotopic (exact) mass is 404 g/mol. The van der Waals surface area contributed by atoms with Gasteiger partial charge in [-0.25, -0.2) is 0 Å². The predicted octanol–water partition coefficient (Wildman–Crippen LogP) is 4.20. The molecule has 2 aromatic carbocycles. The van der Waals surface area contributed by atoms with Crippen molar-refractivity contribution in [2.75, 3.05) is 7.11 Å². The maximum atomic E-state index is 12.4. The fraction of sp³-hybridized carbons (Fsp3) is 0.350. The third kappa shape index (κ3) is 5.87. The molecule has 1 amide bonds. The van der Waals surface area contributed by atoms with Gasteiger partial charge in [-0.1, -0.05) is 47.1 Å². The molecule has 4 nitrogen and oxygen atoms in total. The third-order valence-corrected chi connectivity index (χ3v) is 4.68. The molecule has 0 aliphatic rings. The summed E-state index contributed by atoms with van der Waals surface area (Å²) in [5.41, 5.74) is 2.22. The highest BCUT2D eigenvalue weighted by Crippen LogP contribution is 2.20. The smallest absolute Gasteiger partial charge is 0.237 e. The van der Waals surface area contributed by atoms with Gasteiger partial charge in [-0.15, -0.1) is 0 Å². The molecule has 5 heteroatoms. The first-order chi connectivity index (χ1) is 12.0. The average Bonchev–Trinajstić information content (AvgIpc) is 2.65. The van der Waals surface area contributed by atoms with E-state index in [1.807, 2.05) is 43.3 Å². The Morgan fingerprint density at radius 2 is 1.76 bits per heavy atom. The minimum absolute atomic E-state index is 0.00798. The van der Waals surface area contributed by atoms with Gasteiger partial charge in [0, 0.05) is 17.1 Å². The van der Waals surface area contributed by atoms with Crippen LogP contribution < -0.4 is 15.4 Å². The maximum absolute atomic E-state index is 12.4. The first-order valence-electron chi connectivity index (χ1n) is 8.45. The molecule has 2 rings (SSSR count). The molecular formula is C20H25BrN2O2. The number of halogens is 1. The Morgan fingerprint density at radius 3 is 2.32 bits per heavy atom. The van der Waals surface area contributed by atoms with E-state index in [1.165, 1.54) is 5.56 Å². The van der Waals surface area contributed by atoms with E-state index in [-0.39, 0.29) is 18.0 Å². The molecule has 0 aromatic heterocycles. The quantitative estimate of drug-likeness (QED) is 0.692. The highest BCUT2D eigenvalue weighted by molar-refractivity contribution is 9.10. The predicted molar refractivity (Wildman–Crippen MR) is 105 cm³/mol. The summed E-state index contributed by atoms with van der Waals surface area (Å²) >= 11 is 3.45. The summed E-state index contributed by atoms with van der Waals surface area (Å²) in [4.78, 5) is 12.4. The molecule has 0 fully saturated rings. The van der Waals surface area contributed by atoms with Gasteiger partial charge in [0.1, 0.15) is 5.75 Å². The van der Waals surface area contributed by atoms with Crippen LogP contribution in [0.15, 0.2) is 53.0 Å². The summed E-state index contributed by atoms with van der Waals surface area (Å²) < 4.78 is 6.19. The molecule has 25 heavy (non-hydrogen) atoms. The summed E-state index contributed by atoms with van der Waals surface area (Å²) in [5, 5.41) is 6.39. The van der Waals surface area contributed by atoms with Crippen molar-refractivity contribution in [1.82, 2.24) is 10.6 Å². The Hall–Kier alpha value is -1.85. The van der Waals surface area contributed by atoms with Crippen molar-refractivity contribution in [3.05, 3.63) is 64.1 Å². The fourth-order valence-corrected chi connectivity index (χ4v) is 2.87. The van der Waals surface area contributed by atoms with E-state index < -0.39 is 0 Å². The number of methoxy groups -OCH3 is 1. The lowest BCUT2D eigenvalue weighted by Crippen LogP contribution is -2.43. The molecule has 0 radical (unpaired) electrons. The highest BCUT2D eigenvalue weighted by Gasteiger charge is 2.17. The summed E-state index contributed by atoms with van der Waals surface area (Å²) in [6, 6.07) is 15.8. The zero-order valence-corrected chi connectivity index (χ0v) is 16.5. The second kappa shape index (κ2) is 9.59. The summed E-state index contributed by atoms with van der Waals surface area (Å²) in [6.45, 7) is 4.51. The molecule has 2 N–H and O–H groups in total. The van der Waals surface area contributed by atoms with Gasteiger partial charge < -0.3 is 10.1 Å². The first-order valence-corrected chi connectivity index (χ1v) is 9.25. The lowest BCUT2D eigenvalue weighted by Gasteiger charge is -2.22. The summed E-state index contributed by atoms with van der Waals surface area (Å²) in [6.07, 6.45) is 0.914. The molecule has 0 heterocycles. The largest absolute Gasteiger partial charge is 0.497 e. The van der Waals surface area contributed by atoms with Gasteiger partial charge in [0.05, 0.1) is 13.2 Å². The van der Waals surface area contributed by atoms with Gasteiger partial charge in [0.2, 0.25) is 5.91 Å². The number of hydrogen-bond donors (Lipinski definition) is 2. The minimum Gasteiger partial charge on any atom is -0.497 e. The van der Waals surface area contributed by atoms with Crippen molar-refractivity contribution in [1.29, 1.82) is 0 Å². The minimum atomic E-state index is -0.271. The van der Waals surface area contributed by atoms with E-state index in [9.17, 15) is 4.79 Å². The van der Waals surface area contributed by atoms with Crippen LogP contribution in [-0.4, -0.2) is 19.1 Å². The molecule has 2 aromatic rings. The number of benzene rings is 2. The van der Waals surface area contributed by atoms with Crippen molar-refractivity contribution in [3.63, 3.8) is 0 Å². The van der Waals surface area contributed by atoms with Gasteiger partial charge in [-0.3, -0.25) is 10.1 Å². The van der Waals surface area contributed by atoms with Crippen LogP contribution in [0.4, 0.5) is 0 Å². The fourth-order valence-electron chi connectivity index (χ4n) is 2.61. The third-order valence-electron chi connectivity index (χ3n) is 4.15. The normalized spacial score (nSPS) is 13.1. The summed E-state index contributed by atoms with van der Waals surface area (Å²) in [7, 11) is 1.64. The van der Waals surface area contributed by atoms with Gasteiger partial charge in [0.25, 0.3) is 0 Å².